The molecule has 0 atom stereocenters. The van der Waals surface area contributed by atoms with E-state index in [9.17, 15) is 0 Å². The van der Waals surface area contributed by atoms with E-state index in [1.807, 2.05) is 38.1 Å². The second-order valence-electron chi connectivity index (χ2n) is 5.01. The highest BCUT2D eigenvalue weighted by atomic mass is 79.9. The fraction of sp³-hybridized carbons (Fsp3) is 0.294. The maximum atomic E-state index is 6.20. The van der Waals surface area contributed by atoms with Crippen molar-refractivity contribution >= 4 is 27.5 Å². The molecule has 21 heavy (non-hydrogen) atoms. The van der Waals surface area contributed by atoms with Crippen molar-refractivity contribution in [3.05, 3.63) is 56.5 Å². The maximum absolute atomic E-state index is 6.20. The molecule has 0 amide bonds. The first kappa shape index (κ1) is 16.3. The lowest BCUT2D eigenvalue weighted by Gasteiger charge is -2.14. The Bertz CT molecular complexity index is 620. The van der Waals surface area contributed by atoms with E-state index in [2.05, 4.69) is 34.2 Å². The van der Waals surface area contributed by atoms with Gasteiger partial charge in [-0.05, 0) is 55.8 Å². The van der Waals surface area contributed by atoms with Gasteiger partial charge < -0.3 is 10.1 Å². The Morgan fingerprint density at radius 1 is 1.14 bits per heavy atom. The van der Waals surface area contributed by atoms with E-state index >= 15 is 0 Å². The molecule has 0 saturated carbocycles. The quantitative estimate of drug-likeness (QED) is 0.739. The molecule has 2 aromatic carbocycles. The number of halogens is 2. The standard InChI is InChI=1S/C17H19BrClNO/c1-4-20-10-13-5-6-14(18)9-16(13)21-15-7-11(2)17(19)12(3)8-15/h5-9,20H,4,10H2,1-3H3. The molecule has 2 nitrogen and oxygen atoms in total. The molecule has 0 spiro atoms. The average Bonchev–Trinajstić information content (AvgIpc) is 2.44. The molecule has 2 aromatic rings. The van der Waals surface area contributed by atoms with Crippen LogP contribution < -0.4 is 10.1 Å². The molecule has 0 aliphatic rings. The largest absolute Gasteiger partial charge is 0.457 e. The second kappa shape index (κ2) is 7.30. The molecule has 112 valence electrons. The summed E-state index contributed by atoms with van der Waals surface area (Å²) >= 11 is 9.70. The van der Waals surface area contributed by atoms with Crippen LogP contribution in [0.2, 0.25) is 5.02 Å². The monoisotopic (exact) mass is 367 g/mol. The zero-order valence-corrected chi connectivity index (χ0v) is 14.8. The van der Waals surface area contributed by atoms with Crippen molar-refractivity contribution in [2.75, 3.05) is 6.54 Å². The van der Waals surface area contributed by atoms with Gasteiger partial charge in [0, 0.05) is 21.6 Å². The maximum Gasteiger partial charge on any atom is 0.133 e. The average molecular weight is 369 g/mol. The lowest BCUT2D eigenvalue weighted by molar-refractivity contribution is 0.472. The van der Waals surface area contributed by atoms with Gasteiger partial charge in [-0.1, -0.05) is 40.5 Å². The molecule has 0 aromatic heterocycles. The fourth-order valence-corrected chi connectivity index (χ4v) is 2.57. The minimum atomic E-state index is 0.782. The van der Waals surface area contributed by atoms with Crippen molar-refractivity contribution in [1.29, 1.82) is 0 Å². The van der Waals surface area contributed by atoms with E-state index in [0.29, 0.717) is 0 Å². The van der Waals surface area contributed by atoms with Crippen LogP contribution in [0.4, 0.5) is 0 Å². The van der Waals surface area contributed by atoms with Gasteiger partial charge in [-0.2, -0.15) is 0 Å². The van der Waals surface area contributed by atoms with Crippen LogP contribution >= 0.6 is 27.5 Å². The zero-order valence-electron chi connectivity index (χ0n) is 12.5. The third-order valence-corrected chi connectivity index (χ3v) is 4.32. The third kappa shape index (κ3) is 4.22. The summed E-state index contributed by atoms with van der Waals surface area (Å²) in [5.41, 5.74) is 3.18. The molecule has 0 aliphatic heterocycles. The summed E-state index contributed by atoms with van der Waals surface area (Å²) in [5.74, 6) is 1.66. The van der Waals surface area contributed by atoms with Crippen LogP contribution in [0, 0.1) is 13.8 Å². The summed E-state index contributed by atoms with van der Waals surface area (Å²) in [7, 11) is 0. The van der Waals surface area contributed by atoms with Gasteiger partial charge in [0.15, 0.2) is 0 Å². The molecule has 4 heteroatoms. The van der Waals surface area contributed by atoms with Crippen molar-refractivity contribution in [1.82, 2.24) is 5.32 Å². The molecule has 1 N–H and O–H groups in total. The molecule has 0 radical (unpaired) electrons. The SMILES string of the molecule is CCNCc1ccc(Br)cc1Oc1cc(C)c(Cl)c(C)c1. The smallest absolute Gasteiger partial charge is 0.133 e. The molecule has 0 aliphatic carbocycles. The van der Waals surface area contributed by atoms with Crippen molar-refractivity contribution in [2.24, 2.45) is 0 Å². The van der Waals surface area contributed by atoms with Crippen molar-refractivity contribution < 1.29 is 4.74 Å². The zero-order chi connectivity index (χ0) is 15.4. The van der Waals surface area contributed by atoms with Crippen LogP contribution in [0.1, 0.15) is 23.6 Å². The summed E-state index contributed by atoms with van der Waals surface area (Å²) in [6, 6.07) is 10.0. The lowest BCUT2D eigenvalue weighted by Crippen LogP contribution is -2.12. The highest BCUT2D eigenvalue weighted by Crippen LogP contribution is 2.32. The Morgan fingerprint density at radius 2 is 1.81 bits per heavy atom. The normalized spacial score (nSPS) is 10.7. The van der Waals surface area contributed by atoms with E-state index in [1.165, 1.54) is 0 Å². The first-order valence-corrected chi connectivity index (χ1v) is 8.12. The number of nitrogens with one attached hydrogen (secondary N) is 1. The fourth-order valence-electron chi connectivity index (χ4n) is 2.12. The van der Waals surface area contributed by atoms with Gasteiger partial charge in [0.25, 0.3) is 0 Å². The number of hydrogen-bond donors (Lipinski definition) is 1. The van der Waals surface area contributed by atoms with Crippen LogP contribution in [-0.2, 0) is 6.54 Å². The second-order valence-corrected chi connectivity index (χ2v) is 6.30. The van der Waals surface area contributed by atoms with E-state index < -0.39 is 0 Å². The van der Waals surface area contributed by atoms with Gasteiger partial charge in [0.2, 0.25) is 0 Å². The summed E-state index contributed by atoms with van der Waals surface area (Å²) in [6.45, 7) is 7.77. The molecule has 0 unspecified atom stereocenters. The lowest BCUT2D eigenvalue weighted by atomic mass is 10.1. The van der Waals surface area contributed by atoms with E-state index in [-0.39, 0.29) is 0 Å². The minimum absolute atomic E-state index is 0.782. The van der Waals surface area contributed by atoms with Crippen molar-refractivity contribution in [3.63, 3.8) is 0 Å². The molecule has 0 bridgehead atoms. The Hall–Kier alpha value is -1.03. The van der Waals surface area contributed by atoms with Gasteiger partial charge in [0.1, 0.15) is 11.5 Å². The summed E-state index contributed by atoms with van der Waals surface area (Å²) in [4.78, 5) is 0. The Balaban J connectivity index is 2.32. The minimum Gasteiger partial charge on any atom is -0.457 e. The van der Waals surface area contributed by atoms with Gasteiger partial charge in [0.05, 0.1) is 0 Å². The topological polar surface area (TPSA) is 21.3 Å². The number of hydrogen-bond acceptors (Lipinski definition) is 2. The van der Waals surface area contributed by atoms with Gasteiger partial charge >= 0.3 is 0 Å². The van der Waals surface area contributed by atoms with Gasteiger partial charge in [-0.15, -0.1) is 0 Å². The van der Waals surface area contributed by atoms with Crippen LogP contribution in [0.5, 0.6) is 11.5 Å². The summed E-state index contributed by atoms with van der Waals surface area (Å²) in [6.07, 6.45) is 0. The van der Waals surface area contributed by atoms with E-state index in [0.717, 1.165) is 50.8 Å². The van der Waals surface area contributed by atoms with E-state index in [4.69, 9.17) is 16.3 Å². The van der Waals surface area contributed by atoms with Crippen molar-refractivity contribution in [2.45, 2.75) is 27.3 Å². The van der Waals surface area contributed by atoms with Crippen molar-refractivity contribution in [3.8, 4) is 11.5 Å². The van der Waals surface area contributed by atoms with Gasteiger partial charge in [-0.25, -0.2) is 0 Å². The molecule has 0 fully saturated rings. The number of aryl methyl sites for hydroxylation is 2. The summed E-state index contributed by atoms with van der Waals surface area (Å²) < 4.78 is 7.08. The first-order chi connectivity index (χ1) is 10.0. The Labute approximate surface area is 139 Å². The third-order valence-electron chi connectivity index (χ3n) is 3.23. The number of ether oxygens (including phenoxy) is 1. The Kier molecular flexibility index (Phi) is 5.68. The van der Waals surface area contributed by atoms with Crippen LogP contribution in [0.15, 0.2) is 34.8 Å². The predicted molar refractivity (Wildman–Crippen MR) is 92.5 cm³/mol. The highest BCUT2D eigenvalue weighted by Gasteiger charge is 2.08. The summed E-state index contributed by atoms with van der Waals surface area (Å²) in [5, 5.41) is 4.12. The first-order valence-electron chi connectivity index (χ1n) is 6.95. The number of rotatable bonds is 5. The predicted octanol–water partition coefficient (Wildman–Crippen LogP) is 5.62. The molecule has 2 rings (SSSR count). The highest BCUT2D eigenvalue weighted by molar-refractivity contribution is 9.10. The Morgan fingerprint density at radius 3 is 2.43 bits per heavy atom. The molecule has 0 heterocycles. The number of benzene rings is 2. The molecular weight excluding hydrogens is 350 g/mol. The van der Waals surface area contributed by atoms with Crippen LogP contribution in [0.25, 0.3) is 0 Å². The van der Waals surface area contributed by atoms with Crippen LogP contribution in [0.3, 0.4) is 0 Å². The van der Waals surface area contributed by atoms with Crippen LogP contribution in [-0.4, -0.2) is 6.54 Å². The molecule has 0 saturated heterocycles. The van der Waals surface area contributed by atoms with E-state index in [1.54, 1.807) is 0 Å². The molecular formula is C17H19BrClNO. The van der Waals surface area contributed by atoms with Gasteiger partial charge in [-0.3, -0.25) is 0 Å².